The molecule has 2 heterocycles. The Morgan fingerprint density at radius 3 is 3.10 bits per heavy atom. The number of rotatable bonds is 3. The van der Waals surface area contributed by atoms with Gasteiger partial charge in [-0.05, 0) is 25.1 Å². The largest absolute Gasteiger partial charge is 0.444 e. The molecule has 1 fully saturated rings. The highest BCUT2D eigenvalue weighted by molar-refractivity contribution is 6.30. The van der Waals surface area contributed by atoms with Crippen LogP contribution < -0.4 is 5.32 Å². The maximum Gasteiger partial charge on any atom is 0.226 e. The van der Waals surface area contributed by atoms with Crippen LogP contribution in [0, 0.1) is 0 Å². The van der Waals surface area contributed by atoms with Gasteiger partial charge in [0, 0.05) is 42.8 Å². The molecule has 2 aromatic rings. The second kappa shape index (κ2) is 7.27. The maximum absolute atomic E-state index is 5.99. The molecule has 1 atom stereocenters. The number of nitrogens with one attached hydrogen (secondary N) is 1. The number of benzene rings is 1. The summed E-state index contributed by atoms with van der Waals surface area (Å²) in [5, 5.41) is 4.08. The van der Waals surface area contributed by atoms with Crippen LogP contribution in [0.15, 0.2) is 34.9 Å². The number of aromatic nitrogens is 1. The number of piperazine rings is 1. The van der Waals surface area contributed by atoms with Crippen molar-refractivity contribution in [3.05, 3.63) is 41.2 Å². The fraction of sp³-hybridized carbons (Fsp3) is 0.400. The molecule has 1 aliphatic heterocycles. The van der Waals surface area contributed by atoms with Gasteiger partial charge in [-0.25, -0.2) is 4.98 Å². The third-order valence-corrected chi connectivity index (χ3v) is 3.86. The first-order valence-corrected chi connectivity index (χ1v) is 7.25. The molecule has 0 radical (unpaired) electrons. The lowest BCUT2D eigenvalue weighted by Crippen LogP contribution is -2.49. The normalized spacial score (nSPS) is 19.2. The lowest BCUT2D eigenvalue weighted by molar-refractivity contribution is 0.163. The van der Waals surface area contributed by atoms with Gasteiger partial charge in [0.05, 0.1) is 5.69 Å². The summed E-state index contributed by atoms with van der Waals surface area (Å²) in [6.07, 6.45) is 1.74. The summed E-state index contributed by atoms with van der Waals surface area (Å²) in [5.41, 5.74) is 1.88. The van der Waals surface area contributed by atoms with E-state index < -0.39 is 0 Å². The smallest absolute Gasteiger partial charge is 0.226 e. The second-order valence-corrected chi connectivity index (χ2v) is 5.61. The van der Waals surface area contributed by atoms with E-state index in [1.165, 1.54) is 0 Å². The second-order valence-electron chi connectivity index (χ2n) is 5.18. The van der Waals surface area contributed by atoms with Gasteiger partial charge in [-0.1, -0.05) is 17.7 Å². The van der Waals surface area contributed by atoms with Crippen molar-refractivity contribution in [1.82, 2.24) is 15.2 Å². The minimum absolute atomic E-state index is 0. The van der Waals surface area contributed by atoms with E-state index in [0.717, 1.165) is 37.4 Å². The maximum atomic E-state index is 5.99. The van der Waals surface area contributed by atoms with E-state index in [1.54, 1.807) is 6.26 Å². The van der Waals surface area contributed by atoms with E-state index in [4.69, 9.17) is 16.0 Å². The van der Waals surface area contributed by atoms with Crippen molar-refractivity contribution in [3.63, 3.8) is 0 Å². The third kappa shape index (κ3) is 3.98. The molecule has 114 valence electrons. The van der Waals surface area contributed by atoms with Crippen molar-refractivity contribution in [1.29, 1.82) is 0 Å². The Labute approximate surface area is 135 Å². The van der Waals surface area contributed by atoms with Crippen LogP contribution >= 0.6 is 24.0 Å². The Hall–Kier alpha value is -1.07. The first-order valence-electron chi connectivity index (χ1n) is 6.87. The standard InChI is InChI=1S/C15H18ClN3O.ClH/c1-11-8-17-5-6-19(11)9-14-10-20-15(18-14)12-3-2-4-13(16)7-12;/h2-4,7,10-11,17H,5-6,8-9H2,1H3;1H/t11-;/m0./s1. The molecule has 21 heavy (non-hydrogen) atoms. The van der Waals surface area contributed by atoms with E-state index in [-0.39, 0.29) is 12.4 Å². The number of oxazole rings is 1. The van der Waals surface area contributed by atoms with Gasteiger partial charge in [-0.3, -0.25) is 4.90 Å². The zero-order chi connectivity index (χ0) is 13.9. The summed E-state index contributed by atoms with van der Waals surface area (Å²) >= 11 is 5.99. The highest BCUT2D eigenvalue weighted by Gasteiger charge is 2.19. The molecule has 6 heteroatoms. The van der Waals surface area contributed by atoms with Gasteiger partial charge in [0.2, 0.25) is 5.89 Å². The summed E-state index contributed by atoms with van der Waals surface area (Å²) in [7, 11) is 0. The topological polar surface area (TPSA) is 41.3 Å². The third-order valence-electron chi connectivity index (χ3n) is 3.63. The van der Waals surface area contributed by atoms with Gasteiger partial charge in [0.1, 0.15) is 6.26 Å². The fourth-order valence-corrected chi connectivity index (χ4v) is 2.65. The van der Waals surface area contributed by atoms with Crippen molar-refractivity contribution >= 4 is 24.0 Å². The average molecular weight is 328 g/mol. The highest BCUT2D eigenvalue weighted by atomic mass is 35.5. The predicted molar refractivity (Wildman–Crippen MR) is 86.9 cm³/mol. The molecule has 1 aromatic carbocycles. The van der Waals surface area contributed by atoms with E-state index in [2.05, 4.69) is 22.1 Å². The van der Waals surface area contributed by atoms with E-state index in [1.807, 2.05) is 24.3 Å². The van der Waals surface area contributed by atoms with Crippen molar-refractivity contribution in [2.75, 3.05) is 19.6 Å². The Morgan fingerprint density at radius 1 is 1.48 bits per heavy atom. The van der Waals surface area contributed by atoms with Crippen LogP contribution in [-0.4, -0.2) is 35.6 Å². The Kier molecular flexibility index (Phi) is 5.65. The quantitative estimate of drug-likeness (QED) is 0.939. The summed E-state index contributed by atoms with van der Waals surface area (Å²) < 4.78 is 5.57. The number of halogens is 2. The predicted octanol–water partition coefficient (Wildman–Crippen LogP) is 3.21. The highest BCUT2D eigenvalue weighted by Crippen LogP contribution is 2.22. The molecular formula is C15H19Cl2N3O. The zero-order valence-electron chi connectivity index (χ0n) is 11.9. The van der Waals surface area contributed by atoms with Crippen LogP contribution in [0.25, 0.3) is 11.5 Å². The first-order chi connectivity index (χ1) is 9.72. The van der Waals surface area contributed by atoms with Crippen LogP contribution in [-0.2, 0) is 6.54 Å². The monoisotopic (exact) mass is 327 g/mol. The minimum Gasteiger partial charge on any atom is -0.444 e. The molecule has 1 saturated heterocycles. The van der Waals surface area contributed by atoms with Gasteiger partial charge < -0.3 is 9.73 Å². The summed E-state index contributed by atoms with van der Waals surface area (Å²) in [6.45, 7) is 6.15. The Bertz CT molecular complexity index is 588. The van der Waals surface area contributed by atoms with Crippen LogP contribution in [0.5, 0.6) is 0 Å². The average Bonchev–Trinajstić information content (AvgIpc) is 2.90. The van der Waals surface area contributed by atoms with E-state index in [0.29, 0.717) is 17.0 Å². The lowest BCUT2D eigenvalue weighted by Gasteiger charge is -2.33. The van der Waals surface area contributed by atoms with Crippen molar-refractivity contribution in [2.45, 2.75) is 19.5 Å². The molecular weight excluding hydrogens is 309 g/mol. The van der Waals surface area contributed by atoms with Gasteiger partial charge in [-0.15, -0.1) is 12.4 Å². The van der Waals surface area contributed by atoms with Gasteiger partial charge >= 0.3 is 0 Å². The van der Waals surface area contributed by atoms with Crippen molar-refractivity contribution in [3.8, 4) is 11.5 Å². The first kappa shape index (κ1) is 16.3. The van der Waals surface area contributed by atoms with Gasteiger partial charge in [-0.2, -0.15) is 0 Å². The summed E-state index contributed by atoms with van der Waals surface area (Å²) in [6, 6.07) is 8.09. The van der Waals surface area contributed by atoms with Crippen LogP contribution in [0.2, 0.25) is 5.02 Å². The molecule has 1 aromatic heterocycles. The molecule has 0 saturated carbocycles. The van der Waals surface area contributed by atoms with Crippen LogP contribution in [0.1, 0.15) is 12.6 Å². The molecule has 4 nitrogen and oxygen atoms in total. The van der Waals surface area contributed by atoms with E-state index >= 15 is 0 Å². The van der Waals surface area contributed by atoms with Crippen LogP contribution in [0.3, 0.4) is 0 Å². The summed E-state index contributed by atoms with van der Waals surface area (Å²) in [5.74, 6) is 0.630. The SMILES string of the molecule is C[C@H]1CNCCN1Cc1coc(-c2cccc(Cl)c2)n1.Cl. The molecule has 0 amide bonds. The molecule has 0 bridgehead atoms. The number of hydrogen-bond acceptors (Lipinski definition) is 4. The molecule has 0 unspecified atom stereocenters. The Morgan fingerprint density at radius 2 is 2.33 bits per heavy atom. The molecule has 0 spiro atoms. The molecule has 1 N–H and O–H groups in total. The zero-order valence-corrected chi connectivity index (χ0v) is 13.5. The minimum atomic E-state index is 0. The fourth-order valence-electron chi connectivity index (χ4n) is 2.46. The number of nitrogens with zero attached hydrogens (tertiary/aromatic N) is 2. The summed E-state index contributed by atoms with van der Waals surface area (Å²) in [4.78, 5) is 6.98. The van der Waals surface area contributed by atoms with Crippen molar-refractivity contribution < 1.29 is 4.42 Å². The molecule has 3 rings (SSSR count). The molecule has 1 aliphatic rings. The van der Waals surface area contributed by atoms with Gasteiger partial charge in [0.25, 0.3) is 0 Å². The number of hydrogen-bond donors (Lipinski definition) is 1. The van der Waals surface area contributed by atoms with Gasteiger partial charge in [0.15, 0.2) is 0 Å². The van der Waals surface area contributed by atoms with Crippen LogP contribution in [0.4, 0.5) is 0 Å². The van der Waals surface area contributed by atoms with Crippen molar-refractivity contribution in [2.24, 2.45) is 0 Å². The molecule has 0 aliphatic carbocycles. The Balaban J connectivity index is 0.00000161. The van der Waals surface area contributed by atoms with E-state index in [9.17, 15) is 0 Å². The lowest BCUT2D eigenvalue weighted by atomic mass is 10.2.